The molecule has 0 bridgehead atoms. The molecule has 0 saturated carbocycles. The minimum atomic E-state index is 0.992. The molecule has 2 heterocycles. The van der Waals surface area contributed by atoms with Crippen LogP contribution < -0.4 is 0 Å². The molecular formula is C19H19BrN2. The van der Waals surface area contributed by atoms with Gasteiger partial charge >= 0.3 is 0 Å². The van der Waals surface area contributed by atoms with Crippen LogP contribution in [0.25, 0.3) is 22.2 Å². The lowest BCUT2D eigenvalue weighted by Crippen LogP contribution is -2.15. The third kappa shape index (κ3) is 2.11. The number of likely N-dealkylation sites (N-methyl/N-ethyl adjacent to an activating group) is 1. The first-order valence-electron chi connectivity index (χ1n) is 7.69. The summed E-state index contributed by atoms with van der Waals surface area (Å²) in [6, 6.07) is 15.5. The molecular weight excluding hydrogens is 336 g/mol. The number of benzene rings is 2. The normalized spacial score (nSPS) is 12.9. The Balaban J connectivity index is 1.97. The number of fused-ring (bicyclic) bond motifs is 5. The molecule has 2 aromatic carbocycles. The molecule has 0 radical (unpaired) electrons. The Labute approximate surface area is 139 Å². The van der Waals surface area contributed by atoms with Gasteiger partial charge in [0.25, 0.3) is 0 Å². The number of halogens is 1. The maximum absolute atomic E-state index is 3.63. The highest BCUT2D eigenvalue weighted by molar-refractivity contribution is 9.10. The summed E-state index contributed by atoms with van der Waals surface area (Å²) in [5.74, 6) is 0. The molecule has 0 spiro atoms. The molecule has 0 amide bonds. The van der Waals surface area contributed by atoms with E-state index in [-0.39, 0.29) is 0 Å². The van der Waals surface area contributed by atoms with Crippen LogP contribution >= 0.6 is 15.9 Å². The summed E-state index contributed by atoms with van der Waals surface area (Å²) in [7, 11) is 4.28. The number of nitrogens with zero attached hydrogens (tertiary/aromatic N) is 2. The minimum Gasteiger partial charge on any atom is -0.336 e. The Morgan fingerprint density at radius 2 is 1.95 bits per heavy atom. The minimum absolute atomic E-state index is 0.992. The van der Waals surface area contributed by atoms with Gasteiger partial charge in [0.05, 0.1) is 5.69 Å². The van der Waals surface area contributed by atoms with E-state index >= 15 is 0 Å². The lowest BCUT2D eigenvalue weighted by atomic mass is 10.0. The quantitative estimate of drug-likeness (QED) is 0.524. The lowest BCUT2D eigenvalue weighted by molar-refractivity contribution is 0.414. The van der Waals surface area contributed by atoms with Gasteiger partial charge < -0.3 is 9.47 Å². The van der Waals surface area contributed by atoms with E-state index < -0.39 is 0 Å². The van der Waals surface area contributed by atoms with Crippen LogP contribution in [0.1, 0.15) is 11.1 Å². The van der Waals surface area contributed by atoms with Gasteiger partial charge in [-0.15, -0.1) is 0 Å². The SMILES string of the molecule is CN(C)CCc1c2n(c3ccc(Br)cc13)Cc1ccccc1-2. The van der Waals surface area contributed by atoms with E-state index in [1.165, 1.54) is 33.3 Å². The molecule has 1 aliphatic rings. The molecule has 0 unspecified atom stereocenters. The van der Waals surface area contributed by atoms with Crippen molar-refractivity contribution >= 4 is 26.8 Å². The highest BCUT2D eigenvalue weighted by atomic mass is 79.9. The molecule has 112 valence electrons. The Kier molecular flexibility index (Phi) is 3.35. The zero-order valence-corrected chi connectivity index (χ0v) is 14.5. The molecule has 0 atom stereocenters. The van der Waals surface area contributed by atoms with E-state index in [0.29, 0.717) is 0 Å². The van der Waals surface area contributed by atoms with Crippen LogP contribution in [0.15, 0.2) is 46.9 Å². The van der Waals surface area contributed by atoms with Crippen LogP contribution in [0.5, 0.6) is 0 Å². The number of hydrogen-bond acceptors (Lipinski definition) is 1. The summed E-state index contributed by atoms with van der Waals surface area (Å²) in [6.45, 7) is 2.06. The second-order valence-electron chi connectivity index (χ2n) is 6.29. The van der Waals surface area contributed by atoms with Gasteiger partial charge in [-0.05, 0) is 49.8 Å². The van der Waals surface area contributed by atoms with Crippen LogP contribution in [-0.2, 0) is 13.0 Å². The number of aromatic nitrogens is 1. The second-order valence-corrected chi connectivity index (χ2v) is 7.20. The van der Waals surface area contributed by atoms with Gasteiger partial charge in [-0.3, -0.25) is 0 Å². The average Bonchev–Trinajstić information content (AvgIpc) is 2.99. The van der Waals surface area contributed by atoms with E-state index in [9.17, 15) is 0 Å². The van der Waals surface area contributed by atoms with E-state index in [0.717, 1.165) is 24.0 Å². The predicted octanol–water partition coefficient (Wildman–Crippen LogP) is 4.54. The van der Waals surface area contributed by atoms with Gasteiger partial charge in [-0.1, -0.05) is 40.2 Å². The fraction of sp³-hybridized carbons (Fsp3) is 0.263. The van der Waals surface area contributed by atoms with Crippen LogP contribution in [0.4, 0.5) is 0 Å². The maximum Gasteiger partial charge on any atom is 0.0531 e. The Bertz CT molecular complexity index is 861. The van der Waals surface area contributed by atoms with E-state index in [4.69, 9.17) is 0 Å². The predicted molar refractivity (Wildman–Crippen MR) is 96.4 cm³/mol. The van der Waals surface area contributed by atoms with Crippen molar-refractivity contribution in [1.82, 2.24) is 9.47 Å². The summed E-state index contributed by atoms with van der Waals surface area (Å²) in [4.78, 5) is 2.26. The van der Waals surface area contributed by atoms with Crippen LogP contribution in [0.2, 0.25) is 0 Å². The Morgan fingerprint density at radius 3 is 2.77 bits per heavy atom. The van der Waals surface area contributed by atoms with E-state index in [2.05, 4.69) is 82.0 Å². The average molecular weight is 355 g/mol. The van der Waals surface area contributed by atoms with E-state index in [1.54, 1.807) is 0 Å². The van der Waals surface area contributed by atoms with Gasteiger partial charge in [0.1, 0.15) is 0 Å². The zero-order chi connectivity index (χ0) is 15.3. The molecule has 0 aliphatic carbocycles. The van der Waals surface area contributed by atoms with Gasteiger partial charge in [0.15, 0.2) is 0 Å². The maximum atomic E-state index is 3.63. The summed E-state index contributed by atoms with van der Waals surface area (Å²) < 4.78 is 3.64. The van der Waals surface area contributed by atoms with Crippen molar-refractivity contribution in [3.05, 3.63) is 58.1 Å². The fourth-order valence-electron chi connectivity index (χ4n) is 3.52. The van der Waals surface area contributed by atoms with Crippen molar-refractivity contribution in [2.75, 3.05) is 20.6 Å². The first-order valence-corrected chi connectivity index (χ1v) is 8.48. The monoisotopic (exact) mass is 354 g/mol. The number of rotatable bonds is 3. The molecule has 3 heteroatoms. The van der Waals surface area contributed by atoms with Crippen LogP contribution in [0, 0.1) is 0 Å². The lowest BCUT2D eigenvalue weighted by Gasteiger charge is -2.10. The molecule has 1 aromatic heterocycles. The summed E-state index contributed by atoms with van der Waals surface area (Å²) in [6.07, 6.45) is 1.08. The smallest absolute Gasteiger partial charge is 0.0531 e. The van der Waals surface area contributed by atoms with Crippen molar-refractivity contribution in [3.8, 4) is 11.3 Å². The van der Waals surface area contributed by atoms with E-state index in [1.807, 2.05) is 0 Å². The molecule has 2 nitrogen and oxygen atoms in total. The van der Waals surface area contributed by atoms with Crippen molar-refractivity contribution in [2.45, 2.75) is 13.0 Å². The Hall–Kier alpha value is -1.58. The fourth-order valence-corrected chi connectivity index (χ4v) is 3.88. The summed E-state index contributed by atoms with van der Waals surface area (Å²) in [5, 5.41) is 1.39. The second kappa shape index (κ2) is 5.25. The van der Waals surface area contributed by atoms with Crippen LogP contribution in [-0.4, -0.2) is 30.1 Å². The van der Waals surface area contributed by atoms with Crippen molar-refractivity contribution < 1.29 is 0 Å². The standard InChI is InChI=1S/C19H19BrN2/c1-21(2)10-9-16-17-11-14(20)7-8-18(17)22-12-13-5-3-4-6-15(13)19(16)22/h3-8,11H,9-10,12H2,1-2H3. The largest absolute Gasteiger partial charge is 0.336 e. The molecule has 0 N–H and O–H groups in total. The van der Waals surface area contributed by atoms with Gasteiger partial charge in [0.2, 0.25) is 0 Å². The molecule has 0 fully saturated rings. The summed E-state index contributed by atoms with van der Waals surface area (Å²) >= 11 is 3.63. The molecule has 22 heavy (non-hydrogen) atoms. The van der Waals surface area contributed by atoms with Crippen molar-refractivity contribution in [2.24, 2.45) is 0 Å². The Morgan fingerprint density at radius 1 is 1.14 bits per heavy atom. The highest BCUT2D eigenvalue weighted by Gasteiger charge is 2.25. The topological polar surface area (TPSA) is 8.17 Å². The number of hydrogen-bond donors (Lipinski definition) is 0. The summed E-state index contributed by atoms with van der Waals surface area (Å²) in [5.41, 5.74) is 7.10. The first kappa shape index (κ1) is 14.0. The zero-order valence-electron chi connectivity index (χ0n) is 12.9. The molecule has 1 aliphatic heterocycles. The van der Waals surface area contributed by atoms with Crippen LogP contribution in [0.3, 0.4) is 0 Å². The molecule has 4 rings (SSSR count). The highest BCUT2D eigenvalue weighted by Crippen LogP contribution is 2.41. The first-order chi connectivity index (χ1) is 10.6. The van der Waals surface area contributed by atoms with Crippen molar-refractivity contribution in [1.29, 1.82) is 0 Å². The van der Waals surface area contributed by atoms with Gasteiger partial charge in [-0.25, -0.2) is 0 Å². The third-order valence-corrected chi connectivity index (χ3v) is 5.03. The molecule has 0 saturated heterocycles. The molecule has 3 aromatic rings. The third-order valence-electron chi connectivity index (χ3n) is 4.54. The van der Waals surface area contributed by atoms with Crippen molar-refractivity contribution in [3.63, 3.8) is 0 Å². The van der Waals surface area contributed by atoms with Gasteiger partial charge in [-0.2, -0.15) is 0 Å². The van der Waals surface area contributed by atoms with Gasteiger partial charge in [0, 0.05) is 34.0 Å².